The molecule has 1 unspecified atom stereocenters. The Labute approximate surface area is 110 Å². The molecule has 0 saturated heterocycles. The highest BCUT2D eigenvalue weighted by Gasteiger charge is 2.21. The van der Waals surface area contributed by atoms with Gasteiger partial charge < -0.3 is 5.11 Å². The van der Waals surface area contributed by atoms with E-state index in [1.54, 1.807) is 18.7 Å². The molecule has 0 saturated carbocycles. The normalized spacial score (nSPS) is 13.9. The number of aryl methyl sites for hydroxylation is 1. The second-order valence-electron chi connectivity index (χ2n) is 3.77. The van der Waals surface area contributed by atoms with Crippen molar-refractivity contribution in [1.29, 1.82) is 0 Å². The Morgan fingerprint density at radius 3 is 2.71 bits per heavy atom. The van der Waals surface area contributed by atoms with Crippen LogP contribution in [0.5, 0.6) is 0 Å². The molecule has 98 valence electrons. The Balaban J connectivity index is 2.92. The van der Waals surface area contributed by atoms with Gasteiger partial charge in [-0.1, -0.05) is 0 Å². The van der Waals surface area contributed by atoms with E-state index in [1.807, 2.05) is 13.2 Å². The maximum atomic E-state index is 12.1. The number of hydrogen-bond acceptors (Lipinski definition) is 5. The molecule has 2 N–H and O–H groups in total. The number of aliphatic hydroxyl groups is 1. The molecule has 0 bridgehead atoms. The molecule has 7 heteroatoms. The molecule has 0 aromatic carbocycles. The first-order chi connectivity index (χ1) is 7.90. The van der Waals surface area contributed by atoms with E-state index in [0.717, 1.165) is 5.75 Å². The molecule has 17 heavy (non-hydrogen) atoms. The lowest BCUT2D eigenvalue weighted by Gasteiger charge is -2.12. The van der Waals surface area contributed by atoms with E-state index in [4.69, 9.17) is 5.11 Å². The monoisotopic (exact) mass is 295 g/mol. The van der Waals surface area contributed by atoms with Gasteiger partial charge in [0.15, 0.2) is 0 Å². The van der Waals surface area contributed by atoms with Gasteiger partial charge in [0.05, 0.1) is 11.5 Å². The van der Waals surface area contributed by atoms with Crippen LogP contribution in [-0.2, 0) is 16.6 Å². The second-order valence-corrected chi connectivity index (χ2v) is 7.70. The Hall–Kier alpha value is -0.0800. The Morgan fingerprint density at radius 1 is 1.59 bits per heavy atom. The third kappa shape index (κ3) is 3.96. The van der Waals surface area contributed by atoms with Crippen molar-refractivity contribution in [2.45, 2.75) is 31.4 Å². The maximum Gasteiger partial charge on any atom is 0.241 e. The Kier molecular flexibility index (Phi) is 5.46. The van der Waals surface area contributed by atoms with Crippen LogP contribution in [0.25, 0.3) is 0 Å². The smallest absolute Gasteiger partial charge is 0.241 e. The summed E-state index contributed by atoms with van der Waals surface area (Å²) in [5.74, 6) is 0.731. The fraction of sp³-hybridized carbons (Fsp3) is 0.600. The molecule has 0 fully saturated rings. The van der Waals surface area contributed by atoms with Gasteiger partial charge in [-0.15, -0.1) is 11.3 Å². The minimum atomic E-state index is -3.47. The third-order valence-corrected chi connectivity index (χ3v) is 5.86. The average Bonchev–Trinajstić information content (AvgIpc) is 2.60. The van der Waals surface area contributed by atoms with Crippen molar-refractivity contribution >= 4 is 33.1 Å². The van der Waals surface area contributed by atoms with E-state index < -0.39 is 10.0 Å². The van der Waals surface area contributed by atoms with Gasteiger partial charge in [-0.25, -0.2) is 13.1 Å². The highest BCUT2D eigenvalue weighted by Crippen LogP contribution is 2.25. The van der Waals surface area contributed by atoms with Crippen LogP contribution >= 0.6 is 23.1 Å². The molecule has 1 heterocycles. The van der Waals surface area contributed by atoms with Gasteiger partial charge in [0, 0.05) is 21.5 Å². The Morgan fingerprint density at radius 2 is 2.24 bits per heavy atom. The van der Waals surface area contributed by atoms with E-state index in [2.05, 4.69) is 4.72 Å². The van der Waals surface area contributed by atoms with Gasteiger partial charge in [0.1, 0.15) is 0 Å². The molecular formula is C10H17NO3S3. The van der Waals surface area contributed by atoms with Crippen molar-refractivity contribution in [3.63, 3.8) is 0 Å². The zero-order valence-electron chi connectivity index (χ0n) is 10.1. The summed E-state index contributed by atoms with van der Waals surface area (Å²) in [6.45, 7) is 3.46. The van der Waals surface area contributed by atoms with Gasteiger partial charge in [0.25, 0.3) is 0 Å². The lowest BCUT2D eigenvalue weighted by molar-refractivity contribution is 0.285. The van der Waals surface area contributed by atoms with Crippen LogP contribution in [0.3, 0.4) is 0 Å². The van der Waals surface area contributed by atoms with E-state index in [9.17, 15) is 8.42 Å². The summed E-state index contributed by atoms with van der Waals surface area (Å²) in [6.07, 6.45) is 1.94. The molecular weight excluding hydrogens is 278 g/mol. The predicted octanol–water partition coefficient (Wildman–Crippen LogP) is 1.58. The quantitative estimate of drug-likeness (QED) is 0.836. The number of thiophene rings is 1. The molecule has 1 aromatic rings. The Bertz CT molecular complexity index is 467. The van der Waals surface area contributed by atoms with Crippen molar-refractivity contribution in [1.82, 2.24) is 4.72 Å². The first-order valence-corrected chi connectivity index (χ1v) is 8.81. The minimum absolute atomic E-state index is 0.105. The summed E-state index contributed by atoms with van der Waals surface area (Å²) < 4.78 is 26.8. The third-order valence-electron chi connectivity index (χ3n) is 2.14. The van der Waals surface area contributed by atoms with Crippen LogP contribution in [0.2, 0.25) is 0 Å². The number of sulfonamides is 1. The molecule has 1 atom stereocenters. The average molecular weight is 295 g/mol. The van der Waals surface area contributed by atoms with Crippen LogP contribution in [0.1, 0.15) is 16.7 Å². The first-order valence-electron chi connectivity index (χ1n) is 5.12. The van der Waals surface area contributed by atoms with E-state index >= 15 is 0 Å². The van der Waals surface area contributed by atoms with Crippen molar-refractivity contribution in [2.75, 3.05) is 12.0 Å². The summed E-state index contributed by atoms with van der Waals surface area (Å²) in [4.78, 5) is 1.65. The van der Waals surface area contributed by atoms with Gasteiger partial charge >= 0.3 is 0 Å². The van der Waals surface area contributed by atoms with Crippen molar-refractivity contribution < 1.29 is 13.5 Å². The molecule has 0 aliphatic heterocycles. The molecule has 1 rings (SSSR count). The van der Waals surface area contributed by atoms with Crippen LogP contribution in [0.15, 0.2) is 11.0 Å². The predicted molar refractivity (Wildman–Crippen MR) is 73.1 cm³/mol. The number of rotatable bonds is 6. The van der Waals surface area contributed by atoms with Gasteiger partial charge in [-0.2, -0.15) is 11.8 Å². The fourth-order valence-corrected chi connectivity index (χ4v) is 4.91. The van der Waals surface area contributed by atoms with Crippen molar-refractivity contribution in [3.05, 3.63) is 15.8 Å². The lowest BCUT2D eigenvalue weighted by atomic mass is 10.4. The zero-order chi connectivity index (χ0) is 13.1. The number of hydrogen-bond donors (Lipinski definition) is 2. The molecule has 0 aliphatic rings. The van der Waals surface area contributed by atoms with E-state index in [-0.39, 0.29) is 17.5 Å². The summed E-state index contributed by atoms with van der Waals surface area (Å²) in [5.41, 5.74) is 0. The number of aliphatic hydroxyl groups excluding tert-OH is 1. The van der Waals surface area contributed by atoms with Crippen molar-refractivity contribution in [2.24, 2.45) is 0 Å². The summed E-state index contributed by atoms with van der Waals surface area (Å²) >= 11 is 2.90. The zero-order valence-corrected chi connectivity index (χ0v) is 12.5. The van der Waals surface area contributed by atoms with Crippen molar-refractivity contribution in [3.8, 4) is 0 Å². The largest absolute Gasteiger partial charge is 0.391 e. The van der Waals surface area contributed by atoms with Crippen LogP contribution in [-0.4, -0.2) is 31.6 Å². The van der Waals surface area contributed by atoms with E-state index in [1.165, 1.54) is 17.4 Å². The minimum Gasteiger partial charge on any atom is -0.391 e. The SMILES string of the molecule is CSCC(C)NS(=O)(=O)c1cc(CO)sc1C. The fourth-order valence-electron chi connectivity index (χ4n) is 1.48. The standard InChI is InChI=1S/C10H17NO3S3/c1-7(6-15-3)11-17(13,14)10-4-9(5-12)16-8(10)2/h4,7,11-12H,5-6H2,1-3H3. The highest BCUT2D eigenvalue weighted by atomic mass is 32.2. The number of thioether (sulfide) groups is 1. The maximum absolute atomic E-state index is 12.1. The lowest BCUT2D eigenvalue weighted by Crippen LogP contribution is -2.34. The van der Waals surface area contributed by atoms with Crippen LogP contribution in [0, 0.1) is 6.92 Å². The second kappa shape index (κ2) is 6.19. The van der Waals surface area contributed by atoms with Gasteiger partial charge in [0.2, 0.25) is 10.0 Å². The molecule has 0 radical (unpaired) electrons. The summed E-state index contributed by atoms with van der Waals surface area (Å²) in [6, 6.07) is 1.43. The molecule has 0 spiro atoms. The van der Waals surface area contributed by atoms with Crippen LogP contribution in [0.4, 0.5) is 0 Å². The molecule has 0 amide bonds. The first kappa shape index (κ1) is 15.0. The van der Waals surface area contributed by atoms with Crippen LogP contribution < -0.4 is 4.72 Å². The van der Waals surface area contributed by atoms with Gasteiger partial charge in [-0.3, -0.25) is 0 Å². The summed E-state index contributed by atoms with van der Waals surface area (Å²) in [7, 11) is -3.47. The van der Waals surface area contributed by atoms with Gasteiger partial charge in [-0.05, 0) is 26.2 Å². The number of nitrogens with one attached hydrogen (secondary N) is 1. The topological polar surface area (TPSA) is 66.4 Å². The molecule has 1 aromatic heterocycles. The molecule has 0 aliphatic carbocycles. The highest BCUT2D eigenvalue weighted by molar-refractivity contribution is 7.98. The summed E-state index contributed by atoms with van der Waals surface area (Å²) in [5, 5.41) is 9.00. The molecule has 4 nitrogen and oxygen atoms in total. The van der Waals surface area contributed by atoms with E-state index in [0.29, 0.717) is 9.75 Å².